The summed E-state index contributed by atoms with van der Waals surface area (Å²) in [5, 5.41) is 19.7. The van der Waals surface area contributed by atoms with Crippen molar-refractivity contribution in [3.05, 3.63) is 72.7 Å². The Balaban J connectivity index is 1.60. The highest BCUT2D eigenvalue weighted by atomic mass is 15.3. The number of rotatable bonds is 3. The molecule has 5 heteroatoms. The van der Waals surface area contributed by atoms with E-state index < -0.39 is 0 Å². The van der Waals surface area contributed by atoms with E-state index in [0.717, 1.165) is 47.1 Å². The van der Waals surface area contributed by atoms with Crippen molar-refractivity contribution in [2.45, 2.75) is 24.7 Å². The summed E-state index contributed by atoms with van der Waals surface area (Å²) < 4.78 is 3.74. The van der Waals surface area contributed by atoms with E-state index in [9.17, 15) is 5.26 Å². The maximum absolute atomic E-state index is 9.64. The maximum atomic E-state index is 9.64. The molecule has 1 saturated carbocycles. The number of aromatic nitrogens is 4. The number of fused-ring (bicyclic) bond motifs is 1. The monoisotopic (exact) mass is 339 g/mol. The van der Waals surface area contributed by atoms with Crippen LogP contribution >= 0.6 is 0 Å². The van der Waals surface area contributed by atoms with Gasteiger partial charge in [-0.25, -0.2) is 9.36 Å². The highest BCUT2D eigenvalue weighted by Gasteiger charge is 2.39. The summed E-state index contributed by atoms with van der Waals surface area (Å²) in [4.78, 5) is 0. The molecular formula is C21H17N5. The molecule has 126 valence electrons. The van der Waals surface area contributed by atoms with Crippen LogP contribution in [0.15, 0.2) is 67.1 Å². The number of nitrogens with zero attached hydrogens (tertiary/aromatic N) is 5. The third kappa shape index (κ3) is 2.16. The van der Waals surface area contributed by atoms with Crippen LogP contribution in [0.25, 0.3) is 22.3 Å². The van der Waals surface area contributed by atoms with Gasteiger partial charge in [0.1, 0.15) is 5.69 Å². The van der Waals surface area contributed by atoms with Crippen LogP contribution in [-0.4, -0.2) is 19.6 Å². The summed E-state index contributed by atoms with van der Waals surface area (Å²) in [5.74, 6) is 0. The Hall–Kier alpha value is -3.39. The van der Waals surface area contributed by atoms with Gasteiger partial charge in [-0.15, -0.1) is 0 Å². The van der Waals surface area contributed by atoms with Crippen LogP contribution in [0.3, 0.4) is 0 Å². The molecule has 26 heavy (non-hydrogen) atoms. The third-order valence-electron chi connectivity index (χ3n) is 5.38. The summed E-state index contributed by atoms with van der Waals surface area (Å²) in [6.45, 7) is 0. The molecule has 2 aromatic heterocycles. The van der Waals surface area contributed by atoms with Crippen LogP contribution in [0.5, 0.6) is 0 Å². The lowest BCUT2D eigenvalue weighted by Crippen LogP contribution is -2.32. The van der Waals surface area contributed by atoms with Crippen LogP contribution < -0.4 is 0 Å². The SMILES string of the molecule is N#CC1(c2ccc3cnn(-c4cnn(-c5ccccc5)c4)c3c2)CCC1. The molecule has 5 nitrogen and oxygen atoms in total. The Morgan fingerprint density at radius 2 is 1.81 bits per heavy atom. The molecule has 2 aromatic carbocycles. The van der Waals surface area contributed by atoms with Crippen LogP contribution in [-0.2, 0) is 5.41 Å². The number of para-hydroxylation sites is 1. The second-order valence-electron chi connectivity index (χ2n) is 6.86. The van der Waals surface area contributed by atoms with Gasteiger partial charge in [0.2, 0.25) is 0 Å². The summed E-state index contributed by atoms with van der Waals surface area (Å²) in [7, 11) is 0. The van der Waals surface area contributed by atoms with Gasteiger partial charge in [-0.2, -0.15) is 15.5 Å². The fourth-order valence-corrected chi connectivity index (χ4v) is 3.66. The van der Waals surface area contributed by atoms with Crippen molar-refractivity contribution in [3.8, 4) is 17.4 Å². The lowest BCUT2D eigenvalue weighted by molar-refractivity contribution is 0.324. The first-order valence-corrected chi connectivity index (χ1v) is 8.79. The average Bonchev–Trinajstić information content (AvgIpc) is 3.28. The minimum Gasteiger partial charge on any atom is -0.239 e. The normalized spacial score (nSPS) is 15.5. The van der Waals surface area contributed by atoms with Gasteiger partial charge >= 0.3 is 0 Å². The van der Waals surface area contributed by atoms with Gasteiger partial charge in [-0.05, 0) is 43.0 Å². The largest absolute Gasteiger partial charge is 0.239 e. The number of nitriles is 1. The molecule has 0 amide bonds. The molecule has 0 unspecified atom stereocenters. The Morgan fingerprint density at radius 3 is 2.54 bits per heavy atom. The Kier molecular flexibility index (Phi) is 3.19. The molecule has 0 radical (unpaired) electrons. The average molecular weight is 339 g/mol. The van der Waals surface area contributed by atoms with Gasteiger partial charge in [0.25, 0.3) is 0 Å². The predicted octanol–water partition coefficient (Wildman–Crippen LogP) is 4.16. The van der Waals surface area contributed by atoms with Gasteiger partial charge in [0, 0.05) is 5.39 Å². The molecule has 1 fully saturated rings. The zero-order chi connectivity index (χ0) is 17.6. The molecule has 0 bridgehead atoms. The second-order valence-corrected chi connectivity index (χ2v) is 6.86. The molecule has 2 heterocycles. The topological polar surface area (TPSA) is 59.4 Å². The first kappa shape index (κ1) is 14.9. The van der Waals surface area contributed by atoms with Gasteiger partial charge in [0.15, 0.2) is 0 Å². The Bertz CT molecular complexity index is 1130. The molecule has 0 saturated heterocycles. The first-order chi connectivity index (χ1) is 12.8. The molecule has 5 rings (SSSR count). The van der Waals surface area contributed by atoms with E-state index in [0.29, 0.717) is 0 Å². The summed E-state index contributed by atoms with van der Waals surface area (Å²) in [6, 6.07) is 18.8. The smallest absolute Gasteiger partial charge is 0.104 e. The molecule has 1 aliphatic carbocycles. The predicted molar refractivity (Wildman–Crippen MR) is 99.3 cm³/mol. The van der Waals surface area contributed by atoms with Crippen molar-refractivity contribution in [2.75, 3.05) is 0 Å². The van der Waals surface area contributed by atoms with Crippen molar-refractivity contribution in [3.63, 3.8) is 0 Å². The zero-order valence-corrected chi connectivity index (χ0v) is 14.2. The minimum atomic E-state index is -0.322. The summed E-state index contributed by atoms with van der Waals surface area (Å²) >= 11 is 0. The molecule has 1 aliphatic rings. The fourth-order valence-electron chi connectivity index (χ4n) is 3.66. The molecular weight excluding hydrogens is 322 g/mol. The zero-order valence-electron chi connectivity index (χ0n) is 14.2. The van der Waals surface area contributed by atoms with E-state index in [1.165, 1.54) is 0 Å². The molecule has 0 spiro atoms. The number of benzene rings is 2. The lowest BCUT2D eigenvalue weighted by atomic mass is 9.65. The third-order valence-corrected chi connectivity index (χ3v) is 5.38. The highest BCUT2D eigenvalue weighted by molar-refractivity contribution is 5.81. The second kappa shape index (κ2) is 5.57. The van der Waals surface area contributed by atoms with Crippen LogP contribution in [0.1, 0.15) is 24.8 Å². The quantitative estimate of drug-likeness (QED) is 0.563. The maximum Gasteiger partial charge on any atom is 0.104 e. The van der Waals surface area contributed by atoms with Gasteiger partial charge in [-0.1, -0.05) is 30.3 Å². The van der Waals surface area contributed by atoms with Crippen molar-refractivity contribution in [1.29, 1.82) is 5.26 Å². The van der Waals surface area contributed by atoms with Crippen molar-refractivity contribution < 1.29 is 0 Å². The van der Waals surface area contributed by atoms with Crippen molar-refractivity contribution in [2.24, 2.45) is 0 Å². The molecule has 0 N–H and O–H groups in total. The van der Waals surface area contributed by atoms with Crippen LogP contribution in [0, 0.1) is 11.3 Å². The van der Waals surface area contributed by atoms with E-state index in [1.807, 2.05) is 58.3 Å². The Labute approximate surface area is 151 Å². The fraction of sp³-hybridized carbons (Fsp3) is 0.190. The number of hydrogen-bond donors (Lipinski definition) is 0. The van der Waals surface area contributed by atoms with E-state index in [1.54, 1.807) is 0 Å². The highest BCUT2D eigenvalue weighted by Crippen LogP contribution is 2.43. The van der Waals surface area contributed by atoms with Crippen molar-refractivity contribution in [1.82, 2.24) is 19.6 Å². The minimum absolute atomic E-state index is 0.322. The molecule has 0 aliphatic heterocycles. The van der Waals surface area contributed by atoms with Crippen LogP contribution in [0.4, 0.5) is 0 Å². The van der Waals surface area contributed by atoms with E-state index in [4.69, 9.17) is 0 Å². The van der Waals surface area contributed by atoms with Crippen LogP contribution in [0.2, 0.25) is 0 Å². The van der Waals surface area contributed by atoms with E-state index >= 15 is 0 Å². The Morgan fingerprint density at radius 1 is 0.962 bits per heavy atom. The first-order valence-electron chi connectivity index (χ1n) is 8.79. The lowest BCUT2D eigenvalue weighted by Gasteiger charge is -2.35. The van der Waals surface area contributed by atoms with Crippen molar-refractivity contribution >= 4 is 10.9 Å². The molecule has 4 aromatic rings. The summed E-state index contributed by atoms with van der Waals surface area (Å²) in [5.41, 5.74) is 3.69. The van der Waals surface area contributed by atoms with Gasteiger partial charge in [0.05, 0.1) is 41.3 Å². The van der Waals surface area contributed by atoms with E-state index in [2.05, 4.69) is 34.5 Å². The van der Waals surface area contributed by atoms with Gasteiger partial charge in [-0.3, -0.25) is 0 Å². The van der Waals surface area contributed by atoms with E-state index in [-0.39, 0.29) is 5.41 Å². The van der Waals surface area contributed by atoms with Gasteiger partial charge < -0.3 is 0 Å². The molecule has 0 atom stereocenters. The number of hydrogen-bond acceptors (Lipinski definition) is 3. The standard InChI is InChI=1S/C21H17N5/c22-15-21(9-4-10-21)17-8-7-16-12-24-26(20(16)11-17)19-13-23-25(14-19)18-5-2-1-3-6-18/h1-3,5-8,11-14H,4,9-10H2. The summed E-state index contributed by atoms with van der Waals surface area (Å²) in [6.07, 6.45) is 8.64.